The lowest BCUT2D eigenvalue weighted by Crippen LogP contribution is -2.30. The zero-order valence-corrected chi connectivity index (χ0v) is 19.0. The second-order valence-corrected chi connectivity index (χ2v) is 7.99. The molecule has 0 aromatic heterocycles. The molecule has 0 saturated carbocycles. The number of nitrogens with one attached hydrogen (secondary N) is 1. The highest BCUT2D eigenvalue weighted by molar-refractivity contribution is 7.99. The molecule has 7 nitrogen and oxygen atoms in total. The van der Waals surface area contributed by atoms with Gasteiger partial charge in [0.1, 0.15) is 11.9 Å². The van der Waals surface area contributed by atoms with E-state index in [1.54, 1.807) is 37.3 Å². The molecular formula is C23H28N2O5S. The second kappa shape index (κ2) is 12.1. The van der Waals surface area contributed by atoms with Gasteiger partial charge in [-0.1, -0.05) is 24.3 Å². The number of esters is 1. The number of hydrogen-bond donors (Lipinski definition) is 1. The van der Waals surface area contributed by atoms with E-state index in [2.05, 4.69) is 5.32 Å². The summed E-state index contributed by atoms with van der Waals surface area (Å²) in [7, 11) is 3.40. The predicted octanol–water partition coefficient (Wildman–Crippen LogP) is 3.47. The molecule has 166 valence electrons. The van der Waals surface area contributed by atoms with Crippen LogP contribution in [0.25, 0.3) is 0 Å². The van der Waals surface area contributed by atoms with E-state index in [9.17, 15) is 14.4 Å². The Bertz CT molecular complexity index is 888. The van der Waals surface area contributed by atoms with Crippen LogP contribution in [0.3, 0.4) is 0 Å². The van der Waals surface area contributed by atoms with E-state index in [1.807, 2.05) is 31.2 Å². The predicted molar refractivity (Wildman–Crippen MR) is 122 cm³/mol. The number of carbonyl (C=O) groups excluding carboxylic acids is 3. The van der Waals surface area contributed by atoms with Gasteiger partial charge in [-0.25, -0.2) is 0 Å². The molecule has 8 heteroatoms. The Labute approximate surface area is 187 Å². The lowest BCUT2D eigenvalue weighted by molar-refractivity contribution is -0.145. The monoisotopic (exact) mass is 444 g/mol. The van der Waals surface area contributed by atoms with Gasteiger partial charge in [0.15, 0.2) is 6.29 Å². The van der Waals surface area contributed by atoms with Crippen LogP contribution in [0.4, 0.5) is 5.69 Å². The van der Waals surface area contributed by atoms with Gasteiger partial charge < -0.3 is 19.7 Å². The quantitative estimate of drug-likeness (QED) is 0.305. The van der Waals surface area contributed by atoms with Crippen molar-refractivity contribution in [2.75, 3.05) is 32.1 Å². The maximum atomic E-state index is 11.8. The van der Waals surface area contributed by atoms with E-state index in [4.69, 9.17) is 9.47 Å². The molecule has 2 rings (SSSR count). The van der Waals surface area contributed by atoms with Gasteiger partial charge >= 0.3 is 5.97 Å². The molecule has 0 saturated heterocycles. The summed E-state index contributed by atoms with van der Waals surface area (Å²) < 4.78 is 10.7. The van der Waals surface area contributed by atoms with Gasteiger partial charge in [-0.3, -0.25) is 14.4 Å². The minimum Gasteiger partial charge on any atom is -0.497 e. The topological polar surface area (TPSA) is 84.9 Å². The standard InChI is InChI=1S/C23H28N2O5S/c1-16(30-17(2)28)22(18-8-10-20(29-4)11-9-18)31-23-19(14-26)6-5-7-21(23)25(15-27)13-12-24-3/h5-11,14-16,22,24H,12-13H2,1-4H3/t16-,22+/m0/s1. The van der Waals surface area contributed by atoms with Crippen molar-refractivity contribution < 1.29 is 23.9 Å². The fraction of sp³-hybridized carbons (Fsp3) is 0.348. The Kier molecular flexibility index (Phi) is 9.55. The Morgan fingerprint density at radius 2 is 1.90 bits per heavy atom. The first-order chi connectivity index (χ1) is 14.9. The molecule has 2 aromatic rings. The Morgan fingerprint density at radius 1 is 1.19 bits per heavy atom. The summed E-state index contributed by atoms with van der Waals surface area (Å²) in [6.07, 6.45) is 1.04. The number of thioether (sulfide) groups is 1. The first kappa shape index (κ1) is 24.4. The molecule has 2 aromatic carbocycles. The van der Waals surface area contributed by atoms with Crippen LogP contribution in [-0.4, -0.2) is 52.0 Å². The van der Waals surface area contributed by atoms with Crippen LogP contribution in [0, 0.1) is 0 Å². The minimum absolute atomic E-state index is 0.313. The largest absolute Gasteiger partial charge is 0.497 e. The molecule has 1 amide bonds. The van der Waals surface area contributed by atoms with Crippen molar-refractivity contribution in [2.45, 2.75) is 30.1 Å². The maximum absolute atomic E-state index is 11.8. The van der Waals surface area contributed by atoms with Gasteiger partial charge in [0.25, 0.3) is 0 Å². The maximum Gasteiger partial charge on any atom is 0.302 e. The number of amides is 1. The van der Waals surface area contributed by atoms with E-state index < -0.39 is 6.10 Å². The van der Waals surface area contributed by atoms with Crippen molar-refractivity contribution in [3.8, 4) is 5.75 Å². The van der Waals surface area contributed by atoms with E-state index in [-0.39, 0.29) is 11.2 Å². The number of aldehydes is 1. The molecule has 0 aliphatic rings. The van der Waals surface area contributed by atoms with E-state index in [0.717, 1.165) is 18.3 Å². The highest BCUT2D eigenvalue weighted by atomic mass is 32.2. The van der Waals surface area contributed by atoms with Crippen molar-refractivity contribution in [3.63, 3.8) is 0 Å². The summed E-state index contributed by atoms with van der Waals surface area (Å²) in [6, 6.07) is 12.7. The summed E-state index contributed by atoms with van der Waals surface area (Å²) in [5, 5.41) is 2.71. The molecule has 0 bridgehead atoms. The van der Waals surface area contributed by atoms with E-state index in [1.165, 1.54) is 18.7 Å². The molecule has 0 unspecified atom stereocenters. The van der Waals surface area contributed by atoms with Gasteiger partial charge in [-0.15, -0.1) is 11.8 Å². The van der Waals surface area contributed by atoms with Crippen LogP contribution >= 0.6 is 11.8 Å². The summed E-state index contributed by atoms with van der Waals surface area (Å²) in [6.45, 7) is 4.22. The number of likely N-dealkylation sites (N-methyl/N-ethyl adjacent to an activating group) is 1. The third-order valence-corrected chi connectivity index (χ3v) is 6.25. The van der Waals surface area contributed by atoms with Crippen molar-refractivity contribution >= 4 is 36.1 Å². The van der Waals surface area contributed by atoms with Crippen LogP contribution in [0.15, 0.2) is 47.4 Å². The summed E-state index contributed by atoms with van der Waals surface area (Å²) in [5.74, 6) is 0.319. The molecule has 0 heterocycles. The van der Waals surface area contributed by atoms with Crippen LogP contribution in [-0.2, 0) is 14.3 Å². The van der Waals surface area contributed by atoms with Gasteiger partial charge in [0.05, 0.1) is 18.0 Å². The molecule has 0 aliphatic carbocycles. The Hall–Kier alpha value is -2.84. The summed E-state index contributed by atoms with van der Waals surface area (Å²) >= 11 is 1.39. The molecule has 0 spiro atoms. The average Bonchev–Trinajstić information content (AvgIpc) is 2.77. The van der Waals surface area contributed by atoms with Crippen LogP contribution in [0.1, 0.15) is 35.0 Å². The molecule has 2 atom stereocenters. The van der Waals surface area contributed by atoms with Gasteiger partial charge in [0.2, 0.25) is 6.41 Å². The third kappa shape index (κ3) is 6.57. The molecule has 31 heavy (non-hydrogen) atoms. The number of ether oxygens (including phenoxy) is 2. The second-order valence-electron chi connectivity index (χ2n) is 6.84. The molecule has 0 aliphatic heterocycles. The number of hydrogen-bond acceptors (Lipinski definition) is 7. The number of carbonyl (C=O) groups is 3. The third-order valence-electron chi connectivity index (χ3n) is 4.66. The zero-order chi connectivity index (χ0) is 22.8. The molecule has 0 radical (unpaired) electrons. The first-order valence-corrected chi connectivity index (χ1v) is 10.8. The fourth-order valence-corrected chi connectivity index (χ4v) is 4.48. The van der Waals surface area contributed by atoms with Crippen molar-refractivity contribution in [3.05, 3.63) is 53.6 Å². The fourth-order valence-electron chi connectivity index (χ4n) is 3.13. The van der Waals surface area contributed by atoms with Gasteiger partial charge in [0, 0.05) is 30.5 Å². The number of methoxy groups -OCH3 is 1. The van der Waals surface area contributed by atoms with Gasteiger partial charge in [-0.2, -0.15) is 0 Å². The Morgan fingerprint density at radius 3 is 2.45 bits per heavy atom. The summed E-state index contributed by atoms with van der Waals surface area (Å²) in [5.41, 5.74) is 2.00. The van der Waals surface area contributed by atoms with Crippen molar-refractivity contribution in [1.82, 2.24) is 5.32 Å². The average molecular weight is 445 g/mol. The highest BCUT2D eigenvalue weighted by Crippen LogP contribution is 2.44. The van der Waals surface area contributed by atoms with Crippen LogP contribution < -0.4 is 15.0 Å². The molecule has 1 N–H and O–H groups in total. The summed E-state index contributed by atoms with van der Waals surface area (Å²) in [4.78, 5) is 37.5. The van der Waals surface area contributed by atoms with Crippen LogP contribution in [0.2, 0.25) is 0 Å². The number of nitrogens with zero attached hydrogens (tertiary/aromatic N) is 1. The minimum atomic E-state index is -0.481. The SMILES string of the molecule is CNCCN(C=O)c1cccc(C=O)c1S[C@@H](c1ccc(OC)cc1)[C@H](C)OC(C)=O. The molecular weight excluding hydrogens is 416 g/mol. The first-order valence-electron chi connectivity index (χ1n) is 9.87. The number of anilines is 1. The lowest BCUT2D eigenvalue weighted by atomic mass is 10.1. The van der Waals surface area contributed by atoms with Gasteiger partial charge in [-0.05, 0) is 37.7 Å². The van der Waals surface area contributed by atoms with E-state index in [0.29, 0.717) is 35.0 Å². The smallest absolute Gasteiger partial charge is 0.302 e. The normalized spacial score (nSPS) is 12.5. The van der Waals surface area contributed by atoms with E-state index >= 15 is 0 Å². The number of rotatable bonds is 12. The molecule has 0 fully saturated rings. The highest BCUT2D eigenvalue weighted by Gasteiger charge is 2.27. The Balaban J connectivity index is 2.52. The number of benzene rings is 2. The lowest BCUT2D eigenvalue weighted by Gasteiger charge is -2.27. The van der Waals surface area contributed by atoms with Crippen molar-refractivity contribution in [1.29, 1.82) is 0 Å². The zero-order valence-electron chi connectivity index (χ0n) is 18.2. The van der Waals surface area contributed by atoms with Crippen LogP contribution in [0.5, 0.6) is 5.75 Å². The van der Waals surface area contributed by atoms with Crippen molar-refractivity contribution in [2.24, 2.45) is 0 Å².